The number of nitrogens with one attached hydrogen (secondary N) is 1. The molecule has 0 aliphatic heterocycles. The van der Waals surface area contributed by atoms with Crippen molar-refractivity contribution in [2.45, 2.75) is 72.9 Å². The number of hydrogen-bond donors (Lipinski definition) is 1. The van der Waals surface area contributed by atoms with Crippen LogP contribution < -0.4 is 5.32 Å². The van der Waals surface area contributed by atoms with E-state index in [0.29, 0.717) is 25.9 Å². The highest BCUT2D eigenvalue weighted by Crippen LogP contribution is 2.17. The number of carbonyl (C=O) groups is 2. The molecule has 0 spiro atoms. The van der Waals surface area contributed by atoms with E-state index in [4.69, 9.17) is 0 Å². The minimum atomic E-state index is -0.472. The Morgan fingerprint density at radius 1 is 0.933 bits per heavy atom. The molecule has 2 rings (SSSR count). The van der Waals surface area contributed by atoms with Crippen LogP contribution in [0.2, 0.25) is 0 Å². The van der Waals surface area contributed by atoms with Crippen molar-refractivity contribution >= 4 is 11.8 Å². The Balaban J connectivity index is 2.28. The summed E-state index contributed by atoms with van der Waals surface area (Å²) < 4.78 is 0. The molecule has 0 saturated carbocycles. The second-order valence-electron chi connectivity index (χ2n) is 8.25. The van der Waals surface area contributed by atoms with Gasteiger partial charge in [0.2, 0.25) is 11.8 Å². The van der Waals surface area contributed by atoms with Crippen LogP contribution in [0.25, 0.3) is 0 Å². The molecule has 0 fully saturated rings. The van der Waals surface area contributed by atoms with Crippen LogP contribution in [0, 0.1) is 20.8 Å². The number of nitrogens with zero attached hydrogens (tertiary/aromatic N) is 1. The zero-order valence-electron chi connectivity index (χ0n) is 19.1. The number of carbonyl (C=O) groups excluding carboxylic acids is 2. The fourth-order valence-electron chi connectivity index (χ4n) is 3.88. The summed E-state index contributed by atoms with van der Waals surface area (Å²) in [7, 11) is 0. The summed E-state index contributed by atoms with van der Waals surface area (Å²) in [5.41, 5.74) is 5.48. The summed E-state index contributed by atoms with van der Waals surface area (Å²) in [5.74, 6) is -0.0774. The van der Waals surface area contributed by atoms with Gasteiger partial charge in [0.1, 0.15) is 6.04 Å². The molecule has 4 nitrogen and oxygen atoms in total. The zero-order chi connectivity index (χ0) is 22.1. The first-order chi connectivity index (χ1) is 14.3. The van der Waals surface area contributed by atoms with Crippen molar-refractivity contribution in [1.82, 2.24) is 10.2 Å². The molecule has 162 valence electrons. The highest BCUT2D eigenvalue weighted by Gasteiger charge is 2.28. The van der Waals surface area contributed by atoms with Gasteiger partial charge in [-0.05, 0) is 44.7 Å². The maximum atomic E-state index is 13.4. The van der Waals surface area contributed by atoms with Gasteiger partial charge < -0.3 is 10.2 Å². The summed E-state index contributed by atoms with van der Waals surface area (Å²) in [5, 5.41) is 3.02. The number of rotatable bonds is 10. The molecule has 1 atom stereocenters. The SMILES string of the molecule is CCCCNC(=O)[C@@H](CC)N(Cc1cccc(C)c1)C(=O)Cc1cc(C)cc(C)c1. The highest BCUT2D eigenvalue weighted by molar-refractivity contribution is 5.88. The standard InChI is InChI=1S/C26H36N2O2/c1-6-8-12-27-26(30)24(7-2)28(18-22-11-9-10-19(3)14-22)25(29)17-23-15-20(4)13-21(5)16-23/h9-11,13-16,24H,6-8,12,17-18H2,1-5H3,(H,27,30)/t24-/m1/s1. The predicted molar refractivity (Wildman–Crippen MR) is 123 cm³/mol. The van der Waals surface area contributed by atoms with Crippen molar-refractivity contribution < 1.29 is 9.59 Å². The zero-order valence-corrected chi connectivity index (χ0v) is 19.1. The Labute approximate surface area is 181 Å². The molecule has 0 aromatic heterocycles. The van der Waals surface area contributed by atoms with Crippen LogP contribution in [0.15, 0.2) is 42.5 Å². The Kier molecular flexibility index (Phi) is 9.10. The molecule has 2 aromatic carbocycles. The van der Waals surface area contributed by atoms with Crippen molar-refractivity contribution in [2.24, 2.45) is 0 Å². The van der Waals surface area contributed by atoms with E-state index >= 15 is 0 Å². The van der Waals surface area contributed by atoms with Crippen LogP contribution in [-0.4, -0.2) is 29.3 Å². The third-order valence-electron chi connectivity index (χ3n) is 5.29. The van der Waals surface area contributed by atoms with Crippen molar-refractivity contribution in [3.05, 3.63) is 70.3 Å². The second kappa shape index (κ2) is 11.5. The van der Waals surface area contributed by atoms with Crippen LogP contribution in [0.4, 0.5) is 0 Å². The van der Waals surface area contributed by atoms with Crippen molar-refractivity contribution in [1.29, 1.82) is 0 Å². The van der Waals surface area contributed by atoms with Crippen LogP contribution in [0.1, 0.15) is 60.9 Å². The number of aryl methyl sites for hydroxylation is 3. The second-order valence-corrected chi connectivity index (χ2v) is 8.25. The molecule has 0 unspecified atom stereocenters. The van der Waals surface area contributed by atoms with Crippen molar-refractivity contribution in [3.63, 3.8) is 0 Å². The molecule has 2 amide bonds. The highest BCUT2D eigenvalue weighted by atomic mass is 16.2. The van der Waals surface area contributed by atoms with E-state index in [1.807, 2.05) is 45.9 Å². The Hall–Kier alpha value is -2.62. The van der Waals surface area contributed by atoms with E-state index in [2.05, 4.69) is 36.5 Å². The monoisotopic (exact) mass is 408 g/mol. The third kappa shape index (κ3) is 7.01. The fourth-order valence-corrected chi connectivity index (χ4v) is 3.88. The van der Waals surface area contributed by atoms with Crippen LogP contribution in [0.5, 0.6) is 0 Å². The van der Waals surface area contributed by atoms with Gasteiger partial charge in [0.25, 0.3) is 0 Å². The van der Waals surface area contributed by atoms with Crippen LogP contribution in [-0.2, 0) is 22.6 Å². The maximum absolute atomic E-state index is 13.4. The molecule has 1 N–H and O–H groups in total. The van der Waals surface area contributed by atoms with Gasteiger partial charge in [-0.1, -0.05) is 79.4 Å². The summed E-state index contributed by atoms with van der Waals surface area (Å²) in [6.07, 6.45) is 2.85. The largest absolute Gasteiger partial charge is 0.354 e. The molecule has 0 aliphatic rings. The summed E-state index contributed by atoms with van der Waals surface area (Å²) in [6.45, 7) is 11.3. The molecule has 2 aromatic rings. The van der Waals surface area contributed by atoms with Gasteiger partial charge in [-0.2, -0.15) is 0 Å². The number of amides is 2. The smallest absolute Gasteiger partial charge is 0.242 e. The van der Waals surface area contributed by atoms with Gasteiger partial charge >= 0.3 is 0 Å². The molecule has 0 heterocycles. The summed E-state index contributed by atoms with van der Waals surface area (Å²) in [6, 6.07) is 13.9. The molecule has 4 heteroatoms. The fraction of sp³-hybridized carbons (Fsp3) is 0.462. The number of benzene rings is 2. The maximum Gasteiger partial charge on any atom is 0.242 e. The predicted octanol–water partition coefficient (Wildman–Crippen LogP) is 4.88. The summed E-state index contributed by atoms with van der Waals surface area (Å²) >= 11 is 0. The first-order valence-electron chi connectivity index (χ1n) is 11.0. The van der Waals surface area contributed by atoms with Crippen LogP contribution >= 0.6 is 0 Å². The Morgan fingerprint density at radius 3 is 2.20 bits per heavy atom. The number of unbranched alkanes of at least 4 members (excludes halogenated alkanes) is 1. The Bertz CT molecular complexity index is 840. The lowest BCUT2D eigenvalue weighted by Crippen LogP contribution is -2.49. The van der Waals surface area contributed by atoms with Gasteiger partial charge in [-0.3, -0.25) is 9.59 Å². The van der Waals surface area contributed by atoms with Gasteiger partial charge in [-0.15, -0.1) is 0 Å². The van der Waals surface area contributed by atoms with E-state index in [0.717, 1.165) is 40.7 Å². The van der Waals surface area contributed by atoms with Gasteiger partial charge in [-0.25, -0.2) is 0 Å². The normalized spacial score (nSPS) is 11.8. The van der Waals surface area contributed by atoms with Gasteiger partial charge in [0, 0.05) is 13.1 Å². The molecular weight excluding hydrogens is 372 g/mol. The van der Waals surface area contributed by atoms with Crippen LogP contribution in [0.3, 0.4) is 0 Å². The first kappa shape index (κ1) is 23.7. The minimum Gasteiger partial charge on any atom is -0.354 e. The van der Waals surface area contributed by atoms with E-state index in [1.54, 1.807) is 4.90 Å². The van der Waals surface area contributed by atoms with E-state index in [1.165, 1.54) is 0 Å². The molecule has 0 saturated heterocycles. The average molecular weight is 409 g/mol. The lowest BCUT2D eigenvalue weighted by atomic mass is 10.0. The molecule has 0 bridgehead atoms. The molecule has 0 radical (unpaired) electrons. The van der Waals surface area contributed by atoms with E-state index in [-0.39, 0.29) is 11.8 Å². The minimum absolute atomic E-state index is 0.0148. The van der Waals surface area contributed by atoms with E-state index < -0.39 is 6.04 Å². The average Bonchev–Trinajstić information content (AvgIpc) is 2.67. The summed E-state index contributed by atoms with van der Waals surface area (Å²) in [4.78, 5) is 28.1. The molecule has 0 aliphatic carbocycles. The van der Waals surface area contributed by atoms with Gasteiger partial charge in [0.15, 0.2) is 0 Å². The molecular formula is C26H36N2O2. The molecule has 30 heavy (non-hydrogen) atoms. The van der Waals surface area contributed by atoms with E-state index in [9.17, 15) is 9.59 Å². The lowest BCUT2D eigenvalue weighted by molar-refractivity contribution is -0.140. The van der Waals surface area contributed by atoms with Crippen molar-refractivity contribution in [3.8, 4) is 0 Å². The lowest BCUT2D eigenvalue weighted by Gasteiger charge is -2.31. The van der Waals surface area contributed by atoms with Crippen molar-refractivity contribution in [2.75, 3.05) is 6.54 Å². The topological polar surface area (TPSA) is 49.4 Å². The third-order valence-corrected chi connectivity index (χ3v) is 5.29. The Morgan fingerprint density at radius 2 is 1.60 bits per heavy atom. The number of hydrogen-bond acceptors (Lipinski definition) is 2. The quantitative estimate of drug-likeness (QED) is 0.570. The first-order valence-corrected chi connectivity index (χ1v) is 11.0. The van der Waals surface area contributed by atoms with Gasteiger partial charge in [0.05, 0.1) is 6.42 Å².